The molecule has 1 aromatic carbocycles. The fourth-order valence-corrected chi connectivity index (χ4v) is 3.61. The molecule has 0 spiro atoms. The normalized spacial score (nSPS) is 19.7. The quantitative estimate of drug-likeness (QED) is 0.810. The van der Waals surface area contributed by atoms with Crippen molar-refractivity contribution in [3.63, 3.8) is 0 Å². The molecule has 23 heavy (non-hydrogen) atoms. The highest BCUT2D eigenvalue weighted by atomic mass is 19.1. The van der Waals surface area contributed by atoms with E-state index in [4.69, 9.17) is 0 Å². The fraction of sp³-hybridized carbons (Fsp3) is 0.611. The Balaban J connectivity index is 1.63. The molecule has 5 heteroatoms. The Morgan fingerprint density at radius 2 is 1.83 bits per heavy atom. The first-order valence-electron chi connectivity index (χ1n) is 8.53. The number of hydrogen-bond acceptors (Lipinski definition) is 2. The van der Waals surface area contributed by atoms with E-state index in [1.165, 1.54) is 31.0 Å². The van der Waals surface area contributed by atoms with Crippen LogP contribution in [0.2, 0.25) is 0 Å². The van der Waals surface area contributed by atoms with Crippen LogP contribution in [-0.4, -0.2) is 25.5 Å². The minimum absolute atomic E-state index is 0.103. The van der Waals surface area contributed by atoms with E-state index >= 15 is 0 Å². The molecular formula is C18H24F2N2O. The number of benzene rings is 1. The summed E-state index contributed by atoms with van der Waals surface area (Å²) in [6.45, 7) is 1.45. The van der Waals surface area contributed by atoms with Crippen LogP contribution >= 0.6 is 0 Å². The molecule has 1 amide bonds. The van der Waals surface area contributed by atoms with Crippen molar-refractivity contribution >= 4 is 5.91 Å². The predicted molar refractivity (Wildman–Crippen MR) is 85.1 cm³/mol. The molecule has 2 saturated carbocycles. The minimum Gasteiger partial charge on any atom is -0.354 e. The van der Waals surface area contributed by atoms with Gasteiger partial charge in [-0.3, -0.25) is 4.79 Å². The van der Waals surface area contributed by atoms with Gasteiger partial charge < -0.3 is 10.6 Å². The molecule has 2 fully saturated rings. The summed E-state index contributed by atoms with van der Waals surface area (Å²) in [7, 11) is 0. The van der Waals surface area contributed by atoms with Gasteiger partial charge in [0.2, 0.25) is 5.91 Å². The first-order chi connectivity index (χ1) is 11.1. The first kappa shape index (κ1) is 16.4. The third-order valence-corrected chi connectivity index (χ3v) is 5.09. The van der Waals surface area contributed by atoms with E-state index in [1.54, 1.807) is 0 Å². The minimum atomic E-state index is -0.610. The molecule has 3 rings (SSSR count). The van der Waals surface area contributed by atoms with Crippen molar-refractivity contribution < 1.29 is 13.6 Å². The van der Waals surface area contributed by atoms with E-state index < -0.39 is 17.0 Å². The maximum atomic E-state index is 14.2. The smallest absolute Gasteiger partial charge is 0.233 e. The maximum absolute atomic E-state index is 14.2. The molecule has 2 N–H and O–H groups in total. The number of halogens is 2. The van der Waals surface area contributed by atoms with Crippen LogP contribution in [0.1, 0.15) is 44.1 Å². The molecule has 3 nitrogen and oxygen atoms in total. The molecular weight excluding hydrogens is 298 g/mol. The summed E-state index contributed by atoms with van der Waals surface area (Å²) in [6, 6.07) is 3.99. The van der Waals surface area contributed by atoms with Crippen LogP contribution in [0.5, 0.6) is 0 Å². The van der Waals surface area contributed by atoms with E-state index in [2.05, 4.69) is 10.6 Å². The van der Waals surface area contributed by atoms with Gasteiger partial charge in [0, 0.05) is 17.5 Å². The van der Waals surface area contributed by atoms with Crippen molar-refractivity contribution in [2.24, 2.45) is 5.92 Å². The average molecular weight is 322 g/mol. The van der Waals surface area contributed by atoms with Crippen LogP contribution in [-0.2, 0) is 10.2 Å². The Morgan fingerprint density at radius 3 is 2.43 bits per heavy atom. The van der Waals surface area contributed by atoms with E-state index in [0.29, 0.717) is 19.4 Å². The number of carbonyl (C=O) groups is 1. The zero-order chi connectivity index (χ0) is 16.3. The highest BCUT2D eigenvalue weighted by Gasteiger charge is 2.40. The molecule has 0 saturated heterocycles. The molecule has 2 aliphatic carbocycles. The Kier molecular flexibility index (Phi) is 4.95. The Labute approximate surface area is 135 Å². The van der Waals surface area contributed by atoms with Crippen molar-refractivity contribution in [3.8, 4) is 0 Å². The van der Waals surface area contributed by atoms with Crippen LogP contribution in [0.15, 0.2) is 18.2 Å². The highest BCUT2D eigenvalue weighted by molar-refractivity contribution is 5.78. The zero-order valence-electron chi connectivity index (χ0n) is 13.3. The molecule has 0 unspecified atom stereocenters. The second-order valence-corrected chi connectivity index (χ2v) is 6.94. The van der Waals surface area contributed by atoms with Crippen molar-refractivity contribution in [2.45, 2.75) is 43.9 Å². The number of amides is 1. The molecule has 1 aromatic rings. The van der Waals surface area contributed by atoms with Gasteiger partial charge in [-0.15, -0.1) is 0 Å². The standard InChI is InChI=1S/C18H24F2N2O/c19-14-4-3-5-15(20)17(14)18(8-1-2-9-18)12-22-16(23)11-21-10-13-6-7-13/h3-5,13,21H,1-2,6-12H2,(H,22,23). The van der Waals surface area contributed by atoms with E-state index in [9.17, 15) is 13.6 Å². The Hall–Kier alpha value is -1.49. The van der Waals surface area contributed by atoms with Crippen LogP contribution < -0.4 is 10.6 Å². The monoisotopic (exact) mass is 322 g/mol. The van der Waals surface area contributed by atoms with E-state index in [-0.39, 0.29) is 18.0 Å². The van der Waals surface area contributed by atoms with Gasteiger partial charge in [0.1, 0.15) is 11.6 Å². The van der Waals surface area contributed by atoms with Crippen LogP contribution in [0.3, 0.4) is 0 Å². The fourth-order valence-electron chi connectivity index (χ4n) is 3.61. The third kappa shape index (κ3) is 3.89. The summed E-state index contributed by atoms with van der Waals surface area (Å²) >= 11 is 0. The molecule has 126 valence electrons. The summed E-state index contributed by atoms with van der Waals surface area (Å²) in [4.78, 5) is 12.0. The predicted octanol–water partition coefficient (Wildman–Crippen LogP) is 2.89. The average Bonchev–Trinajstić information content (AvgIpc) is 3.22. The molecule has 0 aromatic heterocycles. The van der Waals surface area contributed by atoms with Crippen LogP contribution in [0.4, 0.5) is 8.78 Å². The molecule has 0 bridgehead atoms. The van der Waals surface area contributed by atoms with Crippen molar-refractivity contribution in [1.82, 2.24) is 10.6 Å². The molecule has 0 aliphatic heterocycles. The maximum Gasteiger partial charge on any atom is 0.233 e. The van der Waals surface area contributed by atoms with Gasteiger partial charge in [-0.05, 0) is 50.3 Å². The lowest BCUT2D eigenvalue weighted by Crippen LogP contribution is -2.43. The summed E-state index contributed by atoms with van der Waals surface area (Å²) < 4.78 is 28.4. The Bertz CT molecular complexity index is 546. The van der Waals surface area contributed by atoms with Gasteiger partial charge >= 0.3 is 0 Å². The van der Waals surface area contributed by atoms with Gasteiger partial charge in [0.25, 0.3) is 0 Å². The number of hydrogen-bond donors (Lipinski definition) is 2. The van der Waals surface area contributed by atoms with Crippen molar-refractivity contribution in [1.29, 1.82) is 0 Å². The van der Waals surface area contributed by atoms with E-state index in [1.807, 2.05) is 0 Å². The highest BCUT2D eigenvalue weighted by Crippen LogP contribution is 2.42. The van der Waals surface area contributed by atoms with Crippen molar-refractivity contribution in [3.05, 3.63) is 35.4 Å². The number of nitrogens with one attached hydrogen (secondary N) is 2. The van der Waals surface area contributed by atoms with Gasteiger partial charge in [-0.25, -0.2) is 8.78 Å². The molecule has 0 atom stereocenters. The lowest BCUT2D eigenvalue weighted by Gasteiger charge is -2.30. The third-order valence-electron chi connectivity index (χ3n) is 5.09. The summed E-state index contributed by atoms with van der Waals surface area (Å²) in [5, 5.41) is 6.02. The topological polar surface area (TPSA) is 41.1 Å². The molecule has 0 heterocycles. The SMILES string of the molecule is O=C(CNCC1CC1)NCC1(c2c(F)cccc2F)CCCC1. The van der Waals surface area contributed by atoms with Crippen LogP contribution in [0, 0.1) is 17.6 Å². The second kappa shape index (κ2) is 6.95. The summed E-state index contributed by atoms with van der Waals surface area (Å²) in [6.07, 6.45) is 5.77. The Morgan fingerprint density at radius 1 is 1.17 bits per heavy atom. The number of carbonyl (C=O) groups excluding carboxylic acids is 1. The largest absolute Gasteiger partial charge is 0.354 e. The first-order valence-corrected chi connectivity index (χ1v) is 8.53. The molecule has 0 radical (unpaired) electrons. The summed E-state index contributed by atoms with van der Waals surface area (Å²) in [5.41, 5.74) is -0.467. The molecule has 2 aliphatic rings. The zero-order valence-corrected chi connectivity index (χ0v) is 13.3. The second-order valence-electron chi connectivity index (χ2n) is 6.94. The number of rotatable bonds is 7. The lowest BCUT2D eigenvalue weighted by atomic mass is 9.78. The summed E-state index contributed by atoms with van der Waals surface area (Å²) in [5.74, 6) is -0.397. The lowest BCUT2D eigenvalue weighted by molar-refractivity contribution is -0.120. The van der Waals surface area contributed by atoms with Crippen molar-refractivity contribution in [2.75, 3.05) is 19.6 Å². The van der Waals surface area contributed by atoms with Gasteiger partial charge in [-0.2, -0.15) is 0 Å². The van der Waals surface area contributed by atoms with E-state index in [0.717, 1.165) is 25.3 Å². The van der Waals surface area contributed by atoms with Gasteiger partial charge in [-0.1, -0.05) is 18.9 Å². The van der Waals surface area contributed by atoms with Crippen LogP contribution in [0.25, 0.3) is 0 Å². The van der Waals surface area contributed by atoms with Gasteiger partial charge in [0.05, 0.1) is 6.54 Å². The van der Waals surface area contributed by atoms with Gasteiger partial charge in [0.15, 0.2) is 0 Å².